The summed E-state index contributed by atoms with van der Waals surface area (Å²) < 4.78 is 5.37. The molecule has 4 heteroatoms. The van der Waals surface area contributed by atoms with Crippen LogP contribution < -0.4 is 5.32 Å². The summed E-state index contributed by atoms with van der Waals surface area (Å²) in [6.45, 7) is 0.635. The fourth-order valence-electron chi connectivity index (χ4n) is 3.11. The van der Waals surface area contributed by atoms with Gasteiger partial charge in [0.05, 0.1) is 0 Å². The Labute approximate surface area is 128 Å². The lowest BCUT2D eigenvalue weighted by Crippen LogP contribution is -2.26. The van der Waals surface area contributed by atoms with Crippen molar-refractivity contribution < 1.29 is 14.3 Å². The van der Waals surface area contributed by atoms with E-state index in [1.54, 1.807) is 6.07 Å². The van der Waals surface area contributed by atoms with Gasteiger partial charge in [-0.05, 0) is 36.1 Å². The summed E-state index contributed by atoms with van der Waals surface area (Å²) in [5, 5.41) is 2.84. The van der Waals surface area contributed by atoms with E-state index in [4.69, 9.17) is 4.74 Å². The largest absolute Gasteiger partial charge is 0.368 e. The van der Waals surface area contributed by atoms with Gasteiger partial charge < -0.3 is 10.1 Å². The Morgan fingerprint density at radius 3 is 2.59 bits per heavy atom. The molecule has 1 amide bonds. The molecule has 2 aromatic carbocycles. The molecule has 1 saturated heterocycles. The Morgan fingerprint density at radius 2 is 1.82 bits per heavy atom. The van der Waals surface area contributed by atoms with Crippen molar-refractivity contribution in [3.8, 4) is 11.1 Å². The normalized spacial score (nSPS) is 18.9. The van der Waals surface area contributed by atoms with Gasteiger partial charge in [0, 0.05) is 23.4 Å². The number of fused-ring (bicyclic) bond motifs is 3. The van der Waals surface area contributed by atoms with Crippen molar-refractivity contribution in [3.63, 3.8) is 0 Å². The maximum atomic E-state index is 12.4. The molecule has 1 aliphatic heterocycles. The SMILES string of the molecule is O=C1c2ccccc2-c2ccc(NC(=O)[C@@H]3CCCO3)cc21. The highest BCUT2D eigenvalue weighted by Gasteiger charge is 2.27. The number of anilines is 1. The molecule has 22 heavy (non-hydrogen) atoms. The van der Waals surface area contributed by atoms with Crippen LogP contribution in [0.1, 0.15) is 28.8 Å². The molecule has 0 saturated carbocycles. The molecule has 0 radical (unpaired) electrons. The van der Waals surface area contributed by atoms with Crippen molar-refractivity contribution in [2.75, 3.05) is 11.9 Å². The molecule has 4 rings (SSSR count). The van der Waals surface area contributed by atoms with E-state index in [0.717, 1.165) is 29.5 Å². The Morgan fingerprint density at radius 1 is 1.05 bits per heavy atom. The van der Waals surface area contributed by atoms with E-state index in [-0.39, 0.29) is 17.8 Å². The summed E-state index contributed by atoms with van der Waals surface area (Å²) in [5.74, 6) is -0.126. The van der Waals surface area contributed by atoms with Gasteiger partial charge in [0.15, 0.2) is 5.78 Å². The Bertz CT molecular complexity index is 776. The maximum Gasteiger partial charge on any atom is 0.253 e. The standard InChI is InChI=1S/C18H15NO3/c20-17-14-5-2-1-4-12(14)13-8-7-11(10-15(13)17)19-18(21)16-6-3-9-22-16/h1-2,4-5,7-8,10,16H,3,6,9H2,(H,19,21)/t16-/m0/s1. The topological polar surface area (TPSA) is 55.4 Å². The van der Waals surface area contributed by atoms with Crippen molar-refractivity contribution in [2.24, 2.45) is 0 Å². The zero-order chi connectivity index (χ0) is 15.1. The van der Waals surface area contributed by atoms with E-state index in [1.807, 2.05) is 36.4 Å². The molecule has 1 fully saturated rings. The number of amides is 1. The minimum atomic E-state index is -0.374. The van der Waals surface area contributed by atoms with Crippen molar-refractivity contribution in [2.45, 2.75) is 18.9 Å². The van der Waals surface area contributed by atoms with Crippen LogP contribution in [0.2, 0.25) is 0 Å². The van der Waals surface area contributed by atoms with Crippen LogP contribution in [0.5, 0.6) is 0 Å². The van der Waals surface area contributed by atoms with Crippen LogP contribution in [0.25, 0.3) is 11.1 Å². The number of ether oxygens (including phenoxy) is 1. The molecular weight excluding hydrogens is 278 g/mol. The Kier molecular flexibility index (Phi) is 3.05. The van der Waals surface area contributed by atoms with Gasteiger partial charge >= 0.3 is 0 Å². The molecule has 2 aromatic rings. The zero-order valence-electron chi connectivity index (χ0n) is 12.0. The molecule has 1 atom stereocenters. The molecule has 110 valence electrons. The lowest BCUT2D eigenvalue weighted by atomic mass is 10.1. The minimum Gasteiger partial charge on any atom is -0.368 e. The van der Waals surface area contributed by atoms with E-state index in [0.29, 0.717) is 17.9 Å². The Hall–Kier alpha value is -2.46. The van der Waals surface area contributed by atoms with Gasteiger partial charge in [-0.1, -0.05) is 30.3 Å². The molecule has 1 aliphatic carbocycles. The molecule has 1 N–H and O–H groups in total. The van der Waals surface area contributed by atoms with Gasteiger partial charge in [0.1, 0.15) is 6.10 Å². The van der Waals surface area contributed by atoms with Crippen LogP contribution in [0.3, 0.4) is 0 Å². The van der Waals surface area contributed by atoms with Crippen LogP contribution in [-0.2, 0) is 9.53 Å². The van der Waals surface area contributed by atoms with E-state index in [9.17, 15) is 9.59 Å². The highest BCUT2D eigenvalue weighted by Crippen LogP contribution is 2.37. The van der Waals surface area contributed by atoms with E-state index < -0.39 is 0 Å². The van der Waals surface area contributed by atoms with Crippen LogP contribution in [0.15, 0.2) is 42.5 Å². The lowest BCUT2D eigenvalue weighted by Gasteiger charge is -2.11. The summed E-state index contributed by atoms with van der Waals surface area (Å²) in [4.78, 5) is 24.5. The number of rotatable bonds is 2. The van der Waals surface area contributed by atoms with Gasteiger partial charge in [0.25, 0.3) is 5.91 Å². The molecular formula is C18H15NO3. The molecule has 1 heterocycles. The lowest BCUT2D eigenvalue weighted by molar-refractivity contribution is -0.124. The fourth-order valence-corrected chi connectivity index (χ4v) is 3.11. The van der Waals surface area contributed by atoms with Gasteiger partial charge in [-0.25, -0.2) is 0 Å². The quantitative estimate of drug-likeness (QED) is 0.790. The Balaban J connectivity index is 1.63. The third kappa shape index (κ3) is 2.04. The summed E-state index contributed by atoms with van der Waals surface area (Å²) in [6.07, 6.45) is 1.29. The minimum absolute atomic E-state index is 0.0128. The van der Waals surface area contributed by atoms with Crippen LogP contribution in [0.4, 0.5) is 5.69 Å². The number of hydrogen-bond acceptors (Lipinski definition) is 3. The second kappa shape index (κ2) is 5.07. The van der Waals surface area contributed by atoms with Gasteiger partial charge in [0.2, 0.25) is 0 Å². The molecule has 0 aromatic heterocycles. The average Bonchev–Trinajstić information content (AvgIpc) is 3.16. The summed E-state index contributed by atoms with van der Waals surface area (Å²) >= 11 is 0. The molecule has 4 nitrogen and oxygen atoms in total. The number of ketones is 1. The van der Waals surface area contributed by atoms with Gasteiger partial charge in [-0.2, -0.15) is 0 Å². The predicted molar refractivity (Wildman–Crippen MR) is 82.9 cm³/mol. The zero-order valence-corrected chi connectivity index (χ0v) is 12.0. The summed E-state index contributed by atoms with van der Waals surface area (Å²) in [7, 11) is 0. The third-order valence-corrected chi connectivity index (χ3v) is 4.22. The summed E-state index contributed by atoms with van der Waals surface area (Å²) in [6, 6.07) is 13.1. The van der Waals surface area contributed by atoms with Crippen LogP contribution >= 0.6 is 0 Å². The van der Waals surface area contributed by atoms with Crippen LogP contribution in [0, 0.1) is 0 Å². The molecule has 0 unspecified atom stereocenters. The van der Waals surface area contributed by atoms with Gasteiger partial charge in [-0.15, -0.1) is 0 Å². The number of nitrogens with one attached hydrogen (secondary N) is 1. The third-order valence-electron chi connectivity index (χ3n) is 4.22. The number of carbonyl (C=O) groups is 2. The van der Waals surface area contributed by atoms with E-state index in [2.05, 4.69) is 5.32 Å². The number of carbonyl (C=O) groups excluding carboxylic acids is 2. The molecule has 2 aliphatic rings. The first-order chi connectivity index (χ1) is 10.7. The summed E-state index contributed by atoms with van der Waals surface area (Å²) in [5.41, 5.74) is 3.89. The highest BCUT2D eigenvalue weighted by molar-refractivity contribution is 6.22. The first-order valence-corrected chi connectivity index (χ1v) is 7.44. The van der Waals surface area contributed by atoms with E-state index >= 15 is 0 Å². The second-order valence-corrected chi connectivity index (χ2v) is 5.63. The van der Waals surface area contributed by atoms with E-state index in [1.165, 1.54) is 0 Å². The van der Waals surface area contributed by atoms with Crippen molar-refractivity contribution in [1.82, 2.24) is 0 Å². The monoisotopic (exact) mass is 293 g/mol. The predicted octanol–water partition coefficient (Wildman–Crippen LogP) is 3.02. The number of hydrogen-bond donors (Lipinski definition) is 1. The first-order valence-electron chi connectivity index (χ1n) is 7.44. The fraction of sp³-hybridized carbons (Fsp3) is 0.222. The van der Waals surface area contributed by atoms with Crippen molar-refractivity contribution >= 4 is 17.4 Å². The number of benzene rings is 2. The van der Waals surface area contributed by atoms with Crippen molar-refractivity contribution in [3.05, 3.63) is 53.6 Å². The van der Waals surface area contributed by atoms with Crippen molar-refractivity contribution in [1.29, 1.82) is 0 Å². The second-order valence-electron chi connectivity index (χ2n) is 5.63. The smallest absolute Gasteiger partial charge is 0.253 e. The first kappa shape index (κ1) is 13.2. The average molecular weight is 293 g/mol. The van der Waals surface area contributed by atoms with Gasteiger partial charge in [-0.3, -0.25) is 9.59 Å². The highest BCUT2D eigenvalue weighted by atomic mass is 16.5. The maximum absolute atomic E-state index is 12.4. The molecule has 0 bridgehead atoms. The van der Waals surface area contributed by atoms with Crippen LogP contribution in [-0.4, -0.2) is 24.4 Å². The molecule has 0 spiro atoms.